The van der Waals surface area contributed by atoms with Crippen LogP contribution in [0.2, 0.25) is 0 Å². The summed E-state index contributed by atoms with van der Waals surface area (Å²) in [4.78, 5) is 15.4. The van der Waals surface area contributed by atoms with Gasteiger partial charge in [0.2, 0.25) is 0 Å². The summed E-state index contributed by atoms with van der Waals surface area (Å²) in [6, 6.07) is 4.00. The first kappa shape index (κ1) is 13.8. The monoisotopic (exact) mass is 256 g/mol. The third kappa shape index (κ3) is 3.36. The summed E-state index contributed by atoms with van der Waals surface area (Å²) in [5, 5.41) is 2.09. The zero-order chi connectivity index (χ0) is 12.8. The summed E-state index contributed by atoms with van der Waals surface area (Å²) in [6.07, 6.45) is -0.305. The second-order valence-corrected chi connectivity index (χ2v) is 4.58. The Balaban J connectivity index is 2.76. The molecule has 1 amide bonds. The van der Waals surface area contributed by atoms with Crippen molar-refractivity contribution in [3.05, 3.63) is 12.1 Å². The molecule has 0 N–H and O–H groups in total. The molecule has 0 bridgehead atoms. The number of amides is 1. The van der Waals surface area contributed by atoms with Crippen molar-refractivity contribution in [3.63, 3.8) is 0 Å². The summed E-state index contributed by atoms with van der Waals surface area (Å²) in [5.74, 6) is 0. The van der Waals surface area contributed by atoms with Crippen molar-refractivity contribution in [1.29, 1.82) is 0 Å². The lowest BCUT2D eigenvalue weighted by molar-refractivity contribution is 0.161. The topological polar surface area (TPSA) is 32.8 Å². The van der Waals surface area contributed by atoms with Crippen LogP contribution in [0.25, 0.3) is 0 Å². The summed E-state index contributed by atoms with van der Waals surface area (Å²) < 4.78 is 4.96. The molecule has 0 saturated carbocycles. The second-order valence-electron chi connectivity index (χ2n) is 3.54. The lowest BCUT2D eigenvalue weighted by atomic mass is 10.5. The number of rotatable bonds is 5. The molecule has 1 rings (SSSR count). The van der Waals surface area contributed by atoms with Gasteiger partial charge in [-0.25, -0.2) is 4.79 Å². The molecule has 17 heavy (non-hydrogen) atoms. The fourth-order valence-corrected chi connectivity index (χ4v) is 2.60. The minimum absolute atomic E-state index is 0.305. The number of ether oxygens (including phenoxy) is 1. The van der Waals surface area contributed by atoms with E-state index in [-0.39, 0.29) is 6.09 Å². The largest absolute Gasteiger partial charge is 0.449 e. The first-order valence-electron chi connectivity index (χ1n) is 5.89. The van der Waals surface area contributed by atoms with Gasteiger partial charge in [0.05, 0.1) is 11.6 Å². The number of hydrogen-bond donors (Lipinski definition) is 0. The van der Waals surface area contributed by atoms with Crippen LogP contribution in [0.1, 0.15) is 20.8 Å². The molecular weight excluding hydrogens is 236 g/mol. The van der Waals surface area contributed by atoms with Gasteiger partial charge in [0.25, 0.3) is 0 Å². The number of carbonyl (C=O) groups excluding carboxylic acids is 1. The van der Waals surface area contributed by atoms with E-state index < -0.39 is 0 Å². The molecule has 0 aliphatic carbocycles. The molecule has 0 saturated heterocycles. The van der Waals surface area contributed by atoms with Gasteiger partial charge in [-0.3, -0.25) is 4.90 Å². The minimum Gasteiger partial charge on any atom is -0.449 e. The Labute approximate surface area is 107 Å². The van der Waals surface area contributed by atoms with E-state index in [9.17, 15) is 4.79 Å². The van der Waals surface area contributed by atoms with Crippen LogP contribution in [0.4, 0.5) is 14.8 Å². The fraction of sp³-hybridized carbons (Fsp3) is 0.583. The van der Waals surface area contributed by atoms with Gasteiger partial charge in [0.1, 0.15) is 5.00 Å². The summed E-state index contributed by atoms with van der Waals surface area (Å²) in [5.41, 5.74) is 0. The Morgan fingerprint density at radius 2 is 1.82 bits per heavy atom. The molecule has 0 radical (unpaired) electrons. The molecule has 0 aliphatic rings. The molecule has 96 valence electrons. The van der Waals surface area contributed by atoms with Crippen molar-refractivity contribution in [2.45, 2.75) is 20.8 Å². The van der Waals surface area contributed by atoms with Gasteiger partial charge in [-0.05, 0) is 32.9 Å². The van der Waals surface area contributed by atoms with E-state index in [4.69, 9.17) is 4.74 Å². The van der Waals surface area contributed by atoms with Crippen LogP contribution in [0, 0.1) is 0 Å². The Morgan fingerprint density at radius 1 is 1.24 bits per heavy atom. The molecule has 0 atom stereocenters. The van der Waals surface area contributed by atoms with Crippen LogP contribution >= 0.6 is 11.3 Å². The predicted molar refractivity (Wildman–Crippen MR) is 73.3 cm³/mol. The van der Waals surface area contributed by atoms with Gasteiger partial charge in [0.15, 0.2) is 0 Å². The molecule has 1 heterocycles. The summed E-state index contributed by atoms with van der Waals surface area (Å²) in [6.45, 7) is 8.40. The molecule has 0 aliphatic heterocycles. The van der Waals surface area contributed by atoms with Gasteiger partial charge >= 0.3 is 6.09 Å². The van der Waals surface area contributed by atoms with E-state index in [0.717, 1.165) is 18.1 Å². The van der Waals surface area contributed by atoms with E-state index >= 15 is 0 Å². The van der Waals surface area contributed by atoms with E-state index in [0.29, 0.717) is 6.61 Å². The molecule has 4 nitrogen and oxygen atoms in total. The van der Waals surface area contributed by atoms with E-state index in [1.165, 1.54) is 5.00 Å². The highest BCUT2D eigenvalue weighted by Gasteiger charge is 2.15. The second kappa shape index (κ2) is 6.49. The Kier molecular flexibility index (Phi) is 5.28. The lowest BCUT2D eigenvalue weighted by Crippen LogP contribution is -2.26. The van der Waals surface area contributed by atoms with E-state index in [2.05, 4.69) is 18.7 Å². The highest BCUT2D eigenvalue weighted by Crippen LogP contribution is 2.32. The average Bonchev–Trinajstić information content (AvgIpc) is 2.79. The van der Waals surface area contributed by atoms with Crippen molar-refractivity contribution >= 4 is 27.4 Å². The van der Waals surface area contributed by atoms with E-state index in [1.807, 2.05) is 19.1 Å². The maximum atomic E-state index is 11.6. The number of thiophene rings is 1. The van der Waals surface area contributed by atoms with Crippen molar-refractivity contribution in [2.24, 2.45) is 0 Å². The standard InChI is InChI=1S/C12H20N2O2S/c1-5-14(6-2)11-9-8-10(17-11)13(4)12(15)16-7-3/h8-9H,5-7H2,1-4H3. The molecule has 0 fully saturated rings. The molecule has 0 aromatic carbocycles. The van der Waals surface area contributed by atoms with Gasteiger partial charge in [-0.1, -0.05) is 0 Å². The van der Waals surface area contributed by atoms with Crippen LogP contribution in [0.5, 0.6) is 0 Å². The van der Waals surface area contributed by atoms with Gasteiger partial charge in [0, 0.05) is 20.1 Å². The summed E-state index contributed by atoms with van der Waals surface area (Å²) >= 11 is 1.60. The maximum Gasteiger partial charge on any atom is 0.414 e. The number of anilines is 2. The van der Waals surface area contributed by atoms with Crippen LogP contribution in [-0.4, -0.2) is 32.8 Å². The minimum atomic E-state index is -0.305. The highest BCUT2D eigenvalue weighted by molar-refractivity contribution is 7.20. The van der Waals surface area contributed by atoms with Gasteiger partial charge in [-0.2, -0.15) is 0 Å². The van der Waals surface area contributed by atoms with Gasteiger partial charge in [-0.15, -0.1) is 11.3 Å². The Hall–Kier alpha value is -1.23. The van der Waals surface area contributed by atoms with Crippen molar-refractivity contribution in [2.75, 3.05) is 36.5 Å². The molecule has 0 spiro atoms. The smallest absolute Gasteiger partial charge is 0.414 e. The van der Waals surface area contributed by atoms with Crippen LogP contribution in [-0.2, 0) is 4.74 Å². The zero-order valence-electron chi connectivity index (χ0n) is 10.9. The molecule has 0 unspecified atom stereocenters. The SMILES string of the molecule is CCOC(=O)N(C)c1ccc(N(CC)CC)s1. The third-order valence-corrected chi connectivity index (χ3v) is 3.75. The average molecular weight is 256 g/mol. The molecular formula is C12H20N2O2S. The highest BCUT2D eigenvalue weighted by atomic mass is 32.1. The van der Waals surface area contributed by atoms with E-state index in [1.54, 1.807) is 23.3 Å². The number of hydrogen-bond acceptors (Lipinski definition) is 4. The first-order valence-corrected chi connectivity index (χ1v) is 6.70. The lowest BCUT2D eigenvalue weighted by Gasteiger charge is -2.18. The molecule has 1 aromatic rings. The number of carbonyl (C=O) groups is 1. The maximum absolute atomic E-state index is 11.6. The third-order valence-electron chi connectivity index (χ3n) is 2.52. The normalized spacial score (nSPS) is 10.1. The van der Waals surface area contributed by atoms with Crippen LogP contribution < -0.4 is 9.80 Å². The quantitative estimate of drug-likeness (QED) is 0.811. The van der Waals surface area contributed by atoms with Crippen molar-refractivity contribution < 1.29 is 9.53 Å². The zero-order valence-corrected chi connectivity index (χ0v) is 11.7. The Bertz CT molecular complexity index is 361. The molecule has 1 aromatic heterocycles. The number of nitrogens with zero attached hydrogens (tertiary/aromatic N) is 2. The van der Waals surface area contributed by atoms with Crippen molar-refractivity contribution in [3.8, 4) is 0 Å². The van der Waals surface area contributed by atoms with Crippen LogP contribution in [0.15, 0.2) is 12.1 Å². The fourth-order valence-electron chi connectivity index (χ4n) is 1.51. The van der Waals surface area contributed by atoms with Crippen LogP contribution in [0.3, 0.4) is 0 Å². The van der Waals surface area contributed by atoms with Gasteiger partial charge < -0.3 is 9.64 Å². The predicted octanol–water partition coefficient (Wildman–Crippen LogP) is 3.19. The molecule has 5 heteroatoms. The summed E-state index contributed by atoms with van der Waals surface area (Å²) in [7, 11) is 1.73. The Morgan fingerprint density at radius 3 is 2.35 bits per heavy atom. The first-order chi connectivity index (χ1) is 8.13. The van der Waals surface area contributed by atoms with Crippen molar-refractivity contribution in [1.82, 2.24) is 0 Å².